The molecular weight excluding hydrogens is 384 g/mol. The van der Waals surface area contributed by atoms with E-state index in [-0.39, 0.29) is 24.1 Å². The lowest BCUT2D eigenvalue weighted by Gasteiger charge is -2.32. The van der Waals surface area contributed by atoms with Crippen LogP contribution in [0.2, 0.25) is 0 Å². The summed E-state index contributed by atoms with van der Waals surface area (Å²) in [7, 11) is 1.81. The van der Waals surface area contributed by atoms with Crippen molar-refractivity contribution in [3.63, 3.8) is 0 Å². The molecule has 5 heteroatoms. The monoisotopic (exact) mass is 412 g/mol. The maximum Gasteiger partial charge on any atom is 0.227 e. The second kappa shape index (κ2) is 9.55. The molecule has 1 fully saturated rings. The van der Waals surface area contributed by atoms with Gasteiger partial charge in [0.05, 0.1) is 0 Å². The summed E-state index contributed by atoms with van der Waals surface area (Å²) in [6.07, 6.45) is 4.14. The zero-order valence-corrected chi connectivity index (χ0v) is 17.8. The molecular formula is C24H29ClN2O2. The molecule has 4 nitrogen and oxygen atoms in total. The van der Waals surface area contributed by atoms with Crippen molar-refractivity contribution in [3.8, 4) is 0 Å². The Balaban J connectivity index is 0.00000240. The molecule has 4 rings (SSSR count). The molecule has 0 saturated carbocycles. The van der Waals surface area contributed by atoms with Gasteiger partial charge in [0, 0.05) is 37.7 Å². The molecule has 0 bridgehead atoms. The molecule has 2 aromatic carbocycles. The second-order valence-corrected chi connectivity index (χ2v) is 8.00. The fourth-order valence-electron chi connectivity index (χ4n) is 4.45. The number of ketones is 1. The van der Waals surface area contributed by atoms with Gasteiger partial charge in [0.2, 0.25) is 5.91 Å². The van der Waals surface area contributed by atoms with E-state index in [0.717, 1.165) is 55.7 Å². The standard InChI is InChI=1S/C24H28N2O2.ClH/c1-25-22-9-7-21(17-20(22)8-10-24(25)28)23(27)13-16-26-14-11-19(12-15-26)18-5-3-2-4-6-18;/h2-7,9,17,19H,8,10-16H2,1H3;1H. The lowest BCUT2D eigenvalue weighted by Crippen LogP contribution is -2.34. The highest BCUT2D eigenvalue weighted by Gasteiger charge is 2.23. The molecule has 0 atom stereocenters. The van der Waals surface area contributed by atoms with Gasteiger partial charge in [0.15, 0.2) is 5.78 Å². The quantitative estimate of drug-likeness (QED) is 0.680. The topological polar surface area (TPSA) is 40.6 Å². The van der Waals surface area contributed by atoms with Crippen molar-refractivity contribution < 1.29 is 9.59 Å². The molecule has 2 aromatic rings. The summed E-state index contributed by atoms with van der Waals surface area (Å²) in [5.74, 6) is 0.992. The van der Waals surface area contributed by atoms with Crippen molar-refractivity contribution >= 4 is 29.8 Å². The smallest absolute Gasteiger partial charge is 0.227 e. The Morgan fingerprint density at radius 3 is 2.48 bits per heavy atom. The van der Waals surface area contributed by atoms with Crippen molar-refractivity contribution in [3.05, 3.63) is 65.2 Å². The van der Waals surface area contributed by atoms with E-state index in [2.05, 4.69) is 35.2 Å². The van der Waals surface area contributed by atoms with E-state index in [9.17, 15) is 9.59 Å². The zero-order chi connectivity index (χ0) is 19.5. The highest BCUT2D eigenvalue weighted by molar-refractivity contribution is 5.99. The molecule has 0 radical (unpaired) electrons. The van der Waals surface area contributed by atoms with Crippen molar-refractivity contribution in [2.45, 2.75) is 38.0 Å². The van der Waals surface area contributed by atoms with Crippen LogP contribution in [0.3, 0.4) is 0 Å². The van der Waals surface area contributed by atoms with Gasteiger partial charge in [-0.05, 0) is 67.6 Å². The molecule has 2 aliphatic heterocycles. The predicted molar refractivity (Wildman–Crippen MR) is 119 cm³/mol. The Hall–Kier alpha value is -2.17. The second-order valence-electron chi connectivity index (χ2n) is 8.00. The number of Topliss-reactive ketones (excluding diaryl/α,β-unsaturated/α-hetero) is 1. The Bertz CT molecular complexity index is 860. The molecule has 154 valence electrons. The van der Waals surface area contributed by atoms with Gasteiger partial charge in [0.1, 0.15) is 0 Å². The minimum atomic E-state index is 0. The first-order valence-corrected chi connectivity index (χ1v) is 10.3. The predicted octanol–water partition coefficient (Wildman–Crippen LogP) is 4.47. The molecule has 1 saturated heterocycles. The molecule has 29 heavy (non-hydrogen) atoms. The van der Waals surface area contributed by atoms with Crippen molar-refractivity contribution in [1.82, 2.24) is 4.90 Å². The first kappa shape index (κ1) is 21.5. The number of piperidine rings is 1. The molecule has 0 spiro atoms. The third kappa shape index (κ3) is 4.88. The van der Waals surface area contributed by atoms with E-state index in [0.29, 0.717) is 18.8 Å². The Labute approximate surface area is 179 Å². The highest BCUT2D eigenvalue weighted by atomic mass is 35.5. The number of nitrogens with zero attached hydrogens (tertiary/aromatic N) is 2. The third-order valence-electron chi connectivity index (χ3n) is 6.26. The van der Waals surface area contributed by atoms with E-state index in [1.54, 1.807) is 11.9 Å². The van der Waals surface area contributed by atoms with Gasteiger partial charge in [0.25, 0.3) is 0 Å². The summed E-state index contributed by atoms with van der Waals surface area (Å²) in [5, 5.41) is 0. The largest absolute Gasteiger partial charge is 0.315 e. The lowest BCUT2D eigenvalue weighted by molar-refractivity contribution is -0.118. The highest BCUT2D eigenvalue weighted by Crippen LogP contribution is 2.29. The average Bonchev–Trinajstić information content (AvgIpc) is 2.75. The summed E-state index contributed by atoms with van der Waals surface area (Å²) in [6, 6.07) is 16.5. The number of carbonyl (C=O) groups excluding carboxylic acids is 2. The average molecular weight is 413 g/mol. The van der Waals surface area contributed by atoms with E-state index < -0.39 is 0 Å². The van der Waals surface area contributed by atoms with Crippen LogP contribution in [0.1, 0.15) is 53.1 Å². The van der Waals surface area contributed by atoms with Crippen molar-refractivity contribution in [1.29, 1.82) is 0 Å². The van der Waals surface area contributed by atoms with Crippen LogP contribution in [-0.2, 0) is 11.2 Å². The van der Waals surface area contributed by atoms with Gasteiger partial charge in [-0.3, -0.25) is 9.59 Å². The molecule has 1 amide bonds. The van der Waals surface area contributed by atoms with Crippen LogP contribution in [-0.4, -0.2) is 43.3 Å². The number of likely N-dealkylation sites (tertiary alicyclic amines) is 1. The summed E-state index contributed by atoms with van der Waals surface area (Å²) in [5.41, 5.74) is 4.27. The van der Waals surface area contributed by atoms with Gasteiger partial charge < -0.3 is 9.80 Å². The number of fused-ring (bicyclic) bond motifs is 1. The maximum absolute atomic E-state index is 12.7. The minimum absolute atomic E-state index is 0. The van der Waals surface area contributed by atoms with Gasteiger partial charge >= 0.3 is 0 Å². The number of hydrogen-bond donors (Lipinski definition) is 0. The normalized spacial score (nSPS) is 17.6. The third-order valence-corrected chi connectivity index (χ3v) is 6.26. The van der Waals surface area contributed by atoms with Crippen LogP contribution in [0.15, 0.2) is 48.5 Å². The number of benzene rings is 2. The van der Waals surface area contributed by atoms with E-state index in [1.165, 1.54) is 5.56 Å². The Morgan fingerprint density at radius 1 is 1.03 bits per heavy atom. The zero-order valence-electron chi connectivity index (χ0n) is 17.0. The number of anilines is 1. The van der Waals surface area contributed by atoms with Crippen molar-refractivity contribution in [2.24, 2.45) is 0 Å². The lowest BCUT2D eigenvalue weighted by atomic mass is 9.89. The van der Waals surface area contributed by atoms with Gasteiger partial charge in [-0.1, -0.05) is 30.3 Å². The SMILES string of the molecule is CN1C(=O)CCc2cc(C(=O)CCN3CCC(c4ccccc4)CC3)ccc21.Cl. The number of rotatable bonds is 5. The maximum atomic E-state index is 12.7. The molecule has 0 N–H and O–H groups in total. The molecule has 2 aliphatic rings. The fourth-order valence-corrected chi connectivity index (χ4v) is 4.45. The molecule has 0 unspecified atom stereocenters. The van der Waals surface area contributed by atoms with Gasteiger partial charge in [-0.2, -0.15) is 0 Å². The minimum Gasteiger partial charge on any atom is -0.315 e. The number of amides is 1. The van der Waals surface area contributed by atoms with E-state index >= 15 is 0 Å². The first-order valence-electron chi connectivity index (χ1n) is 10.3. The van der Waals surface area contributed by atoms with Crippen LogP contribution in [0.5, 0.6) is 0 Å². The Morgan fingerprint density at radius 2 is 1.76 bits per heavy atom. The molecule has 0 aliphatic carbocycles. The fraction of sp³-hybridized carbons (Fsp3) is 0.417. The van der Waals surface area contributed by atoms with Crippen LogP contribution in [0.4, 0.5) is 5.69 Å². The molecule has 2 heterocycles. The molecule has 0 aromatic heterocycles. The van der Waals surface area contributed by atoms with Gasteiger partial charge in [-0.15, -0.1) is 12.4 Å². The number of halogens is 1. The summed E-state index contributed by atoms with van der Waals surface area (Å²) >= 11 is 0. The van der Waals surface area contributed by atoms with Crippen LogP contribution in [0, 0.1) is 0 Å². The van der Waals surface area contributed by atoms with Crippen LogP contribution in [0.25, 0.3) is 0 Å². The first-order chi connectivity index (χ1) is 13.6. The van der Waals surface area contributed by atoms with Gasteiger partial charge in [-0.25, -0.2) is 0 Å². The van der Waals surface area contributed by atoms with Crippen molar-refractivity contribution in [2.75, 3.05) is 31.6 Å². The Kier molecular flexibility index (Phi) is 7.09. The summed E-state index contributed by atoms with van der Waals surface area (Å²) in [4.78, 5) is 28.6. The van der Waals surface area contributed by atoms with E-state index in [4.69, 9.17) is 0 Å². The number of hydrogen-bond acceptors (Lipinski definition) is 3. The summed E-state index contributed by atoms with van der Waals surface area (Å²) < 4.78 is 0. The van der Waals surface area contributed by atoms with Crippen LogP contribution < -0.4 is 4.90 Å². The van der Waals surface area contributed by atoms with E-state index in [1.807, 2.05) is 18.2 Å². The number of aryl methyl sites for hydroxylation is 1. The van der Waals surface area contributed by atoms with Crippen LogP contribution >= 0.6 is 12.4 Å². The summed E-state index contributed by atoms with van der Waals surface area (Å²) in [6.45, 7) is 2.95. The number of carbonyl (C=O) groups is 2.